The summed E-state index contributed by atoms with van der Waals surface area (Å²) in [5.41, 5.74) is 6.17. The normalized spacial score (nSPS) is 11.7. The Morgan fingerprint density at radius 3 is 2.83 bits per heavy atom. The molecule has 98 valence electrons. The van der Waals surface area contributed by atoms with Crippen molar-refractivity contribution < 1.29 is 4.79 Å². The maximum Gasteiger partial charge on any atom is 0.321 e. The maximum absolute atomic E-state index is 11.9. The molecular formula is C12H16ClN3OS. The van der Waals surface area contributed by atoms with Crippen LogP contribution in [0.1, 0.15) is 6.92 Å². The van der Waals surface area contributed by atoms with Crippen LogP contribution in [0.3, 0.4) is 0 Å². The van der Waals surface area contributed by atoms with Crippen molar-refractivity contribution in [1.29, 1.82) is 0 Å². The van der Waals surface area contributed by atoms with E-state index in [9.17, 15) is 4.79 Å². The van der Waals surface area contributed by atoms with Gasteiger partial charge in [-0.1, -0.05) is 36.8 Å². The third-order valence-corrected chi connectivity index (χ3v) is 3.09. The highest BCUT2D eigenvalue weighted by molar-refractivity contribution is 7.80. The quantitative estimate of drug-likeness (QED) is 0.836. The summed E-state index contributed by atoms with van der Waals surface area (Å²) in [6.07, 6.45) is 0. The highest BCUT2D eigenvalue weighted by Crippen LogP contribution is 2.15. The fraction of sp³-hybridized carbons (Fsp3) is 0.333. The third kappa shape index (κ3) is 4.50. The molecule has 1 aromatic carbocycles. The lowest BCUT2D eigenvalue weighted by Gasteiger charge is -2.21. The van der Waals surface area contributed by atoms with E-state index in [4.69, 9.17) is 29.6 Å². The molecule has 18 heavy (non-hydrogen) atoms. The number of amides is 2. The number of urea groups is 1. The summed E-state index contributed by atoms with van der Waals surface area (Å²) in [5.74, 6) is -0.0184. The Labute approximate surface area is 117 Å². The van der Waals surface area contributed by atoms with Crippen molar-refractivity contribution >= 4 is 40.5 Å². The number of nitrogens with two attached hydrogens (primary N) is 1. The number of nitrogens with zero attached hydrogens (tertiary/aromatic N) is 1. The van der Waals surface area contributed by atoms with Gasteiger partial charge < -0.3 is 16.0 Å². The van der Waals surface area contributed by atoms with Crippen molar-refractivity contribution in [3.63, 3.8) is 0 Å². The van der Waals surface area contributed by atoms with Gasteiger partial charge in [0.2, 0.25) is 0 Å². The molecule has 0 fully saturated rings. The van der Waals surface area contributed by atoms with Crippen LogP contribution >= 0.6 is 23.8 Å². The molecule has 6 heteroatoms. The van der Waals surface area contributed by atoms with E-state index in [1.807, 2.05) is 6.92 Å². The Bertz CT molecular complexity index is 453. The van der Waals surface area contributed by atoms with Gasteiger partial charge in [0.25, 0.3) is 0 Å². The van der Waals surface area contributed by atoms with Gasteiger partial charge in [0.15, 0.2) is 0 Å². The number of carbonyl (C=O) groups is 1. The fourth-order valence-electron chi connectivity index (χ4n) is 1.37. The summed E-state index contributed by atoms with van der Waals surface area (Å²) in [7, 11) is 1.69. The zero-order valence-electron chi connectivity index (χ0n) is 10.3. The molecular weight excluding hydrogens is 270 g/mol. The molecule has 1 rings (SSSR count). The molecule has 3 N–H and O–H groups in total. The molecule has 0 aliphatic rings. The van der Waals surface area contributed by atoms with Crippen molar-refractivity contribution in [3.8, 4) is 0 Å². The van der Waals surface area contributed by atoms with E-state index in [2.05, 4.69) is 5.32 Å². The van der Waals surface area contributed by atoms with Crippen molar-refractivity contribution in [1.82, 2.24) is 4.90 Å². The Balaban J connectivity index is 2.57. The predicted octanol–water partition coefficient (Wildman–Crippen LogP) is 2.73. The smallest absolute Gasteiger partial charge is 0.321 e. The first-order valence-corrected chi connectivity index (χ1v) is 6.25. The minimum absolute atomic E-state index is 0.0184. The second kappa shape index (κ2) is 6.56. The number of hydrogen-bond acceptors (Lipinski definition) is 2. The van der Waals surface area contributed by atoms with Crippen LogP contribution in [0.5, 0.6) is 0 Å². The van der Waals surface area contributed by atoms with E-state index in [0.29, 0.717) is 22.2 Å². The largest absolute Gasteiger partial charge is 0.393 e. The van der Waals surface area contributed by atoms with E-state index in [0.717, 1.165) is 0 Å². The van der Waals surface area contributed by atoms with Crippen LogP contribution in [0.15, 0.2) is 24.3 Å². The first-order chi connectivity index (χ1) is 8.40. The molecule has 0 heterocycles. The van der Waals surface area contributed by atoms with Crippen LogP contribution in [0, 0.1) is 5.92 Å². The molecule has 0 bridgehead atoms. The first-order valence-electron chi connectivity index (χ1n) is 5.47. The van der Waals surface area contributed by atoms with Gasteiger partial charge in [-0.2, -0.15) is 0 Å². The van der Waals surface area contributed by atoms with Crippen molar-refractivity contribution in [2.24, 2.45) is 11.7 Å². The number of benzene rings is 1. The molecule has 0 saturated carbocycles. The zero-order chi connectivity index (χ0) is 13.7. The van der Waals surface area contributed by atoms with Gasteiger partial charge in [-0.3, -0.25) is 0 Å². The van der Waals surface area contributed by atoms with Crippen molar-refractivity contribution in [2.75, 3.05) is 18.9 Å². The summed E-state index contributed by atoms with van der Waals surface area (Å²) < 4.78 is 0. The topological polar surface area (TPSA) is 58.4 Å². The summed E-state index contributed by atoms with van der Waals surface area (Å²) in [4.78, 5) is 13.8. The summed E-state index contributed by atoms with van der Waals surface area (Å²) >= 11 is 10.7. The molecule has 0 aliphatic carbocycles. The molecule has 0 radical (unpaired) electrons. The maximum atomic E-state index is 11.9. The van der Waals surface area contributed by atoms with Crippen LogP contribution in [-0.4, -0.2) is 29.5 Å². The van der Waals surface area contributed by atoms with Gasteiger partial charge in [-0.25, -0.2) is 4.79 Å². The second-order valence-electron chi connectivity index (χ2n) is 4.12. The average molecular weight is 286 g/mol. The van der Waals surface area contributed by atoms with E-state index < -0.39 is 0 Å². The zero-order valence-corrected chi connectivity index (χ0v) is 11.9. The molecule has 0 aliphatic heterocycles. The molecule has 0 saturated heterocycles. The van der Waals surface area contributed by atoms with Gasteiger partial charge in [0, 0.05) is 30.2 Å². The van der Waals surface area contributed by atoms with Gasteiger partial charge in [0.05, 0.1) is 4.99 Å². The average Bonchev–Trinajstić information content (AvgIpc) is 2.28. The highest BCUT2D eigenvalue weighted by atomic mass is 35.5. The molecule has 4 nitrogen and oxygen atoms in total. The summed E-state index contributed by atoms with van der Waals surface area (Å²) in [6, 6.07) is 6.75. The molecule has 1 aromatic rings. The van der Waals surface area contributed by atoms with Crippen LogP contribution in [0.2, 0.25) is 5.02 Å². The lowest BCUT2D eigenvalue weighted by Crippen LogP contribution is -2.37. The Kier molecular flexibility index (Phi) is 5.37. The van der Waals surface area contributed by atoms with Gasteiger partial charge >= 0.3 is 6.03 Å². The standard InChI is InChI=1S/C12H16ClN3OS/c1-8(11(14)18)7-16(2)12(17)15-10-5-3-4-9(13)6-10/h3-6,8H,7H2,1-2H3,(H2,14,18)(H,15,17). The SMILES string of the molecule is CC(CN(C)C(=O)Nc1cccc(Cl)c1)C(N)=S. The van der Waals surface area contributed by atoms with E-state index >= 15 is 0 Å². The lowest BCUT2D eigenvalue weighted by molar-refractivity contribution is 0.220. The predicted molar refractivity (Wildman–Crippen MR) is 79.1 cm³/mol. The number of anilines is 1. The number of carbonyl (C=O) groups excluding carboxylic acids is 1. The fourth-order valence-corrected chi connectivity index (χ4v) is 1.63. The monoisotopic (exact) mass is 285 g/mol. The number of thiocarbonyl (C=S) groups is 1. The highest BCUT2D eigenvalue weighted by Gasteiger charge is 2.14. The molecule has 1 unspecified atom stereocenters. The molecule has 0 spiro atoms. The first kappa shape index (κ1) is 14.7. The van der Waals surface area contributed by atoms with Crippen molar-refractivity contribution in [3.05, 3.63) is 29.3 Å². The summed E-state index contributed by atoms with van der Waals surface area (Å²) in [5, 5.41) is 3.32. The molecule has 0 aromatic heterocycles. The van der Waals surface area contributed by atoms with E-state index in [-0.39, 0.29) is 11.9 Å². The third-order valence-electron chi connectivity index (χ3n) is 2.46. The van der Waals surface area contributed by atoms with Gasteiger partial charge in [-0.05, 0) is 18.2 Å². The number of rotatable bonds is 4. The van der Waals surface area contributed by atoms with Gasteiger partial charge in [0.1, 0.15) is 0 Å². The Morgan fingerprint density at radius 1 is 1.61 bits per heavy atom. The lowest BCUT2D eigenvalue weighted by atomic mass is 10.2. The molecule has 1 atom stereocenters. The van der Waals surface area contributed by atoms with Crippen LogP contribution < -0.4 is 11.1 Å². The van der Waals surface area contributed by atoms with Crippen LogP contribution in [0.25, 0.3) is 0 Å². The second-order valence-corrected chi connectivity index (χ2v) is 5.03. The minimum Gasteiger partial charge on any atom is -0.393 e. The minimum atomic E-state index is -0.222. The Hall–Kier alpha value is -1.33. The van der Waals surface area contributed by atoms with Crippen LogP contribution in [-0.2, 0) is 0 Å². The Morgan fingerprint density at radius 2 is 2.28 bits per heavy atom. The summed E-state index contributed by atoms with van der Waals surface area (Å²) in [6.45, 7) is 2.35. The number of nitrogens with one attached hydrogen (secondary N) is 1. The number of hydrogen-bond donors (Lipinski definition) is 2. The molecule has 2 amide bonds. The van der Waals surface area contributed by atoms with E-state index in [1.165, 1.54) is 4.90 Å². The van der Waals surface area contributed by atoms with Crippen molar-refractivity contribution in [2.45, 2.75) is 6.92 Å². The van der Waals surface area contributed by atoms with E-state index in [1.54, 1.807) is 31.3 Å². The van der Waals surface area contributed by atoms with Crippen LogP contribution in [0.4, 0.5) is 10.5 Å². The van der Waals surface area contributed by atoms with Gasteiger partial charge in [-0.15, -0.1) is 0 Å². The number of halogens is 1.